The van der Waals surface area contributed by atoms with E-state index in [1.54, 1.807) is 30.3 Å². The number of ether oxygens (including phenoxy) is 1. The predicted molar refractivity (Wildman–Crippen MR) is 111 cm³/mol. The van der Waals surface area contributed by atoms with E-state index in [0.717, 1.165) is 15.4 Å². The Labute approximate surface area is 176 Å². The Morgan fingerprint density at radius 2 is 1.83 bits per heavy atom. The zero-order chi connectivity index (χ0) is 20.4. The minimum absolute atomic E-state index is 0.221. The highest BCUT2D eigenvalue weighted by molar-refractivity contribution is 9.10. The summed E-state index contributed by atoms with van der Waals surface area (Å²) >= 11 is 3.40. The minimum atomic E-state index is -3.53. The quantitative estimate of drug-likeness (QED) is 0.608. The summed E-state index contributed by atoms with van der Waals surface area (Å²) in [6, 6.07) is 13.8. The Balaban J connectivity index is 1.42. The first kappa shape index (κ1) is 20.1. The lowest BCUT2D eigenvalue weighted by Crippen LogP contribution is -2.40. The van der Waals surface area contributed by atoms with Gasteiger partial charge in [0.15, 0.2) is 5.76 Å². The van der Waals surface area contributed by atoms with E-state index in [1.807, 2.05) is 18.2 Å². The zero-order valence-corrected chi connectivity index (χ0v) is 17.8. The van der Waals surface area contributed by atoms with Crippen molar-refractivity contribution in [2.45, 2.75) is 11.4 Å². The third kappa shape index (κ3) is 4.23. The normalized spacial score (nSPS) is 15.5. The molecule has 0 saturated carbocycles. The van der Waals surface area contributed by atoms with Crippen molar-refractivity contribution in [3.63, 3.8) is 0 Å². The summed E-state index contributed by atoms with van der Waals surface area (Å²) in [5.74, 6) is -0.114. The summed E-state index contributed by atoms with van der Waals surface area (Å²) < 4.78 is 38.3. The van der Waals surface area contributed by atoms with Crippen LogP contribution in [-0.4, -0.2) is 44.9 Å². The second-order valence-corrected chi connectivity index (χ2v) is 9.40. The van der Waals surface area contributed by atoms with Crippen molar-refractivity contribution in [2.24, 2.45) is 0 Å². The van der Waals surface area contributed by atoms with Crippen LogP contribution in [0.3, 0.4) is 0 Å². The Morgan fingerprint density at radius 3 is 2.52 bits per heavy atom. The molecule has 3 aromatic rings. The highest BCUT2D eigenvalue weighted by Crippen LogP contribution is 2.27. The second kappa shape index (κ2) is 8.27. The monoisotopic (exact) mass is 478 g/mol. The van der Waals surface area contributed by atoms with E-state index in [2.05, 4.69) is 21.2 Å². The van der Waals surface area contributed by atoms with Crippen molar-refractivity contribution in [1.29, 1.82) is 0 Å². The van der Waals surface area contributed by atoms with Crippen LogP contribution in [0.25, 0.3) is 11.0 Å². The number of nitrogens with zero attached hydrogens (tertiary/aromatic N) is 1. The first-order valence-electron chi connectivity index (χ1n) is 9.08. The maximum absolute atomic E-state index is 12.6. The van der Waals surface area contributed by atoms with Gasteiger partial charge < -0.3 is 14.5 Å². The van der Waals surface area contributed by atoms with Crippen LogP contribution >= 0.6 is 15.9 Å². The van der Waals surface area contributed by atoms with Crippen molar-refractivity contribution in [1.82, 2.24) is 9.62 Å². The number of morpholine rings is 1. The van der Waals surface area contributed by atoms with Crippen LogP contribution in [-0.2, 0) is 21.3 Å². The van der Waals surface area contributed by atoms with Gasteiger partial charge in [0.05, 0.1) is 22.6 Å². The number of carbonyl (C=O) groups is 1. The standard InChI is InChI=1S/C20H19BrN2O5S/c21-17-3-1-2-15-12-18(28-19(15)17)20(24)22-13-14-4-6-16(7-5-14)29(25,26)23-8-10-27-11-9-23/h1-7,12H,8-11,13H2,(H,22,24). The fourth-order valence-corrected chi connectivity index (χ4v) is 4.99. The summed E-state index contributed by atoms with van der Waals surface area (Å²) in [6.45, 7) is 1.78. The number of hydrogen-bond acceptors (Lipinski definition) is 5. The average Bonchev–Trinajstić information content (AvgIpc) is 3.19. The van der Waals surface area contributed by atoms with E-state index in [4.69, 9.17) is 9.15 Å². The van der Waals surface area contributed by atoms with Crippen molar-refractivity contribution in [3.05, 3.63) is 64.3 Å². The summed E-state index contributed by atoms with van der Waals surface area (Å²) in [6.07, 6.45) is 0. The van der Waals surface area contributed by atoms with Crippen LogP contribution in [0.4, 0.5) is 0 Å². The molecule has 152 valence electrons. The maximum atomic E-state index is 12.6. The third-order valence-corrected chi connectivity index (χ3v) is 7.24. The molecule has 1 N–H and O–H groups in total. The lowest BCUT2D eigenvalue weighted by molar-refractivity contribution is 0.0730. The number of halogens is 1. The molecule has 0 aliphatic carbocycles. The van der Waals surface area contributed by atoms with E-state index in [0.29, 0.717) is 31.9 Å². The van der Waals surface area contributed by atoms with Gasteiger partial charge in [-0.3, -0.25) is 4.79 Å². The number of amides is 1. The van der Waals surface area contributed by atoms with Gasteiger partial charge in [-0.2, -0.15) is 4.31 Å². The van der Waals surface area contributed by atoms with Crippen molar-refractivity contribution in [2.75, 3.05) is 26.3 Å². The fourth-order valence-electron chi connectivity index (χ4n) is 3.12. The number of carbonyl (C=O) groups excluding carboxylic acids is 1. The van der Waals surface area contributed by atoms with Gasteiger partial charge in [-0.25, -0.2) is 8.42 Å². The van der Waals surface area contributed by atoms with Crippen molar-refractivity contribution in [3.8, 4) is 0 Å². The number of para-hydroxylation sites is 1. The maximum Gasteiger partial charge on any atom is 0.287 e. The summed E-state index contributed by atoms with van der Waals surface area (Å²) in [5.41, 5.74) is 1.41. The molecule has 0 spiro atoms. The fraction of sp³-hybridized carbons (Fsp3) is 0.250. The molecule has 2 heterocycles. The van der Waals surface area contributed by atoms with E-state index < -0.39 is 10.0 Å². The molecular formula is C20H19BrN2O5S. The summed E-state index contributed by atoms with van der Waals surface area (Å²) in [5, 5.41) is 3.63. The van der Waals surface area contributed by atoms with Crippen molar-refractivity contribution >= 4 is 42.8 Å². The topological polar surface area (TPSA) is 88.9 Å². The number of hydrogen-bond donors (Lipinski definition) is 1. The molecule has 0 unspecified atom stereocenters. The molecule has 7 nitrogen and oxygen atoms in total. The summed E-state index contributed by atoms with van der Waals surface area (Å²) in [7, 11) is -3.53. The number of furan rings is 1. The molecule has 29 heavy (non-hydrogen) atoms. The molecule has 9 heteroatoms. The average molecular weight is 479 g/mol. The molecule has 1 aliphatic heterocycles. The van der Waals surface area contributed by atoms with Gasteiger partial charge in [-0.05, 0) is 45.8 Å². The Morgan fingerprint density at radius 1 is 1.10 bits per heavy atom. The molecule has 0 radical (unpaired) electrons. The van der Waals surface area contributed by atoms with E-state index >= 15 is 0 Å². The van der Waals surface area contributed by atoms with Gasteiger partial charge in [-0.15, -0.1) is 0 Å². The minimum Gasteiger partial charge on any atom is -0.450 e. The molecular weight excluding hydrogens is 460 g/mol. The molecule has 0 atom stereocenters. The number of rotatable bonds is 5. The summed E-state index contributed by atoms with van der Waals surface area (Å²) in [4.78, 5) is 12.6. The van der Waals surface area contributed by atoms with Gasteiger partial charge in [-0.1, -0.05) is 24.3 Å². The SMILES string of the molecule is O=C(NCc1ccc(S(=O)(=O)N2CCOCC2)cc1)c1cc2cccc(Br)c2o1. The highest BCUT2D eigenvalue weighted by atomic mass is 79.9. The molecule has 1 aromatic heterocycles. The zero-order valence-electron chi connectivity index (χ0n) is 15.4. The van der Waals surface area contributed by atoms with Crippen LogP contribution in [0, 0.1) is 0 Å². The van der Waals surface area contributed by atoms with Crippen LogP contribution in [0.15, 0.2) is 62.3 Å². The number of fused-ring (bicyclic) bond motifs is 1. The third-order valence-electron chi connectivity index (χ3n) is 4.70. The Bertz CT molecular complexity index is 1140. The first-order chi connectivity index (χ1) is 13.9. The lowest BCUT2D eigenvalue weighted by atomic mass is 10.2. The Hall–Kier alpha value is -2.20. The molecule has 4 rings (SSSR count). The van der Waals surface area contributed by atoms with E-state index in [9.17, 15) is 13.2 Å². The molecule has 1 saturated heterocycles. The van der Waals surface area contributed by atoms with Gasteiger partial charge >= 0.3 is 0 Å². The number of sulfonamides is 1. The Kier molecular flexibility index (Phi) is 5.73. The molecule has 1 amide bonds. The van der Waals surface area contributed by atoms with Crippen LogP contribution in [0.2, 0.25) is 0 Å². The predicted octanol–water partition coefficient (Wildman–Crippen LogP) is 3.15. The van der Waals surface area contributed by atoms with Crippen LogP contribution < -0.4 is 5.32 Å². The largest absolute Gasteiger partial charge is 0.450 e. The van der Waals surface area contributed by atoms with Crippen LogP contribution in [0.5, 0.6) is 0 Å². The highest BCUT2D eigenvalue weighted by Gasteiger charge is 2.26. The van der Waals surface area contributed by atoms with Gasteiger partial charge in [0.25, 0.3) is 5.91 Å². The number of benzene rings is 2. The molecule has 1 aliphatic rings. The smallest absolute Gasteiger partial charge is 0.287 e. The van der Waals surface area contributed by atoms with Crippen LogP contribution in [0.1, 0.15) is 16.1 Å². The number of nitrogens with one attached hydrogen (secondary N) is 1. The first-order valence-corrected chi connectivity index (χ1v) is 11.3. The lowest BCUT2D eigenvalue weighted by Gasteiger charge is -2.26. The van der Waals surface area contributed by atoms with Gasteiger partial charge in [0.2, 0.25) is 10.0 Å². The van der Waals surface area contributed by atoms with Crippen molar-refractivity contribution < 1.29 is 22.4 Å². The van der Waals surface area contributed by atoms with E-state index in [-0.39, 0.29) is 23.1 Å². The molecule has 2 aromatic carbocycles. The van der Waals surface area contributed by atoms with E-state index in [1.165, 1.54) is 4.31 Å². The molecule has 1 fully saturated rings. The second-order valence-electron chi connectivity index (χ2n) is 6.61. The molecule has 0 bridgehead atoms. The van der Waals surface area contributed by atoms with Gasteiger partial charge in [0.1, 0.15) is 5.58 Å². The van der Waals surface area contributed by atoms with Gasteiger partial charge in [0, 0.05) is 25.0 Å².